The summed E-state index contributed by atoms with van der Waals surface area (Å²) in [5.74, 6) is 0.423. The molecule has 1 rings (SSSR count). The van der Waals surface area contributed by atoms with E-state index in [0.29, 0.717) is 12.5 Å². The Hall–Kier alpha value is -0.730. The van der Waals surface area contributed by atoms with Crippen LogP contribution in [-0.4, -0.2) is 18.7 Å². The molecule has 0 spiro atoms. The number of nitrogens with one attached hydrogen (secondary N) is 1. The van der Waals surface area contributed by atoms with Crippen LogP contribution in [0.2, 0.25) is 0 Å². The van der Waals surface area contributed by atoms with E-state index in [4.69, 9.17) is 4.74 Å². The molecular weight excluding hydrogens is 142 g/mol. The van der Waals surface area contributed by atoms with Crippen LogP contribution >= 0.6 is 0 Å². The summed E-state index contributed by atoms with van der Waals surface area (Å²) in [6.45, 7) is 6.49. The number of hydrogen-bond donors (Lipinski definition) is 1. The maximum atomic E-state index is 10.6. The molecule has 3 nitrogen and oxygen atoms in total. The van der Waals surface area contributed by atoms with Gasteiger partial charge in [-0.25, -0.2) is 4.79 Å². The Kier molecular flexibility index (Phi) is 2.74. The van der Waals surface area contributed by atoms with Gasteiger partial charge in [-0.1, -0.05) is 20.3 Å². The van der Waals surface area contributed by atoms with Gasteiger partial charge in [0, 0.05) is 0 Å². The van der Waals surface area contributed by atoms with Crippen LogP contribution in [-0.2, 0) is 4.74 Å². The van der Waals surface area contributed by atoms with E-state index in [1.807, 2.05) is 0 Å². The van der Waals surface area contributed by atoms with Crippen molar-refractivity contribution in [3.63, 3.8) is 0 Å². The molecule has 0 aliphatic carbocycles. The first kappa shape index (κ1) is 8.37. The summed E-state index contributed by atoms with van der Waals surface area (Å²) < 4.78 is 5.00. The highest BCUT2D eigenvalue weighted by Crippen LogP contribution is 2.16. The summed E-state index contributed by atoms with van der Waals surface area (Å²) >= 11 is 0. The lowest BCUT2D eigenvalue weighted by molar-refractivity contribution is 0.107. The van der Waals surface area contributed by atoms with Gasteiger partial charge in [0.1, 0.15) is 6.10 Å². The summed E-state index contributed by atoms with van der Waals surface area (Å²) in [4.78, 5) is 10.6. The van der Waals surface area contributed by atoms with Gasteiger partial charge in [0.25, 0.3) is 0 Å². The average molecular weight is 156 g/mol. The predicted octanol–water partition coefficient (Wildman–Crippen LogP) is 1.35. The minimum atomic E-state index is -0.286. The number of rotatable bonds is 3. The van der Waals surface area contributed by atoms with Crippen molar-refractivity contribution < 1.29 is 9.53 Å². The van der Waals surface area contributed by atoms with Crippen LogP contribution in [0.25, 0.3) is 0 Å². The molecule has 3 heteroatoms. The normalized spacial score (nSPS) is 26.0. The third-order valence-electron chi connectivity index (χ3n) is 2.00. The fourth-order valence-electron chi connectivity index (χ4n) is 1.23. The molecule has 1 aliphatic rings. The minimum absolute atomic E-state index is 0.0595. The number of hydrogen-bond acceptors (Lipinski definition) is 2. The van der Waals surface area contributed by atoms with E-state index < -0.39 is 0 Å². The van der Waals surface area contributed by atoms with Crippen LogP contribution in [0.1, 0.15) is 19.8 Å². The maximum Gasteiger partial charge on any atom is 0.407 e. The van der Waals surface area contributed by atoms with E-state index in [9.17, 15) is 4.79 Å². The summed E-state index contributed by atoms with van der Waals surface area (Å²) in [5.41, 5.74) is 0. The first-order valence-electron chi connectivity index (χ1n) is 3.97. The van der Waals surface area contributed by atoms with Gasteiger partial charge in [-0.3, -0.25) is 0 Å². The fraction of sp³-hybridized carbons (Fsp3) is 0.750. The van der Waals surface area contributed by atoms with Gasteiger partial charge in [-0.05, 0) is 12.3 Å². The highest BCUT2D eigenvalue weighted by Gasteiger charge is 2.26. The molecule has 0 bridgehead atoms. The summed E-state index contributed by atoms with van der Waals surface area (Å²) in [6, 6.07) is 0. The molecular formula is C8H14NO2. The van der Waals surface area contributed by atoms with Crippen LogP contribution in [0.3, 0.4) is 0 Å². The third kappa shape index (κ3) is 2.10. The SMILES string of the molecule is [CH2]CCC(C)C1CNC(=O)O1. The molecule has 0 saturated carbocycles. The monoisotopic (exact) mass is 156 g/mol. The largest absolute Gasteiger partial charge is 0.444 e. The van der Waals surface area contributed by atoms with Crippen molar-refractivity contribution >= 4 is 6.09 Å². The van der Waals surface area contributed by atoms with Gasteiger partial charge in [0.05, 0.1) is 6.54 Å². The zero-order chi connectivity index (χ0) is 8.27. The lowest BCUT2D eigenvalue weighted by Crippen LogP contribution is -2.21. The highest BCUT2D eigenvalue weighted by atomic mass is 16.6. The van der Waals surface area contributed by atoms with E-state index in [1.54, 1.807) is 0 Å². The molecule has 0 aromatic rings. The van der Waals surface area contributed by atoms with Gasteiger partial charge >= 0.3 is 6.09 Å². The Morgan fingerprint density at radius 2 is 2.64 bits per heavy atom. The smallest absolute Gasteiger partial charge is 0.407 e. The third-order valence-corrected chi connectivity index (χ3v) is 2.00. The van der Waals surface area contributed by atoms with E-state index in [-0.39, 0.29) is 12.2 Å². The number of carbonyl (C=O) groups excluding carboxylic acids is 1. The number of ether oxygens (including phenoxy) is 1. The molecule has 0 aromatic carbocycles. The topological polar surface area (TPSA) is 38.3 Å². The second-order valence-electron chi connectivity index (χ2n) is 2.94. The number of carbonyl (C=O) groups is 1. The van der Waals surface area contributed by atoms with Crippen LogP contribution < -0.4 is 5.32 Å². The predicted molar refractivity (Wildman–Crippen MR) is 42.0 cm³/mol. The van der Waals surface area contributed by atoms with Crippen LogP contribution in [0.5, 0.6) is 0 Å². The van der Waals surface area contributed by atoms with Crippen LogP contribution in [0.4, 0.5) is 4.79 Å². The zero-order valence-corrected chi connectivity index (χ0v) is 6.80. The van der Waals surface area contributed by atoms with Gasteiger partial charge in [0.15, 0.2) is 0 Å². The van der Waals surface area contributed by atoms with Crippen molar-refractivity contribution in [1.82, 2.24) is 5.32 Å². The molecule has 1 saturated heterocycles. The fourth-order valence-corrected chi connectivity index (χ4v) is 1.23. The minimum Gasteiger partial charge on any atom is -0.444 e. The Morgan fingerprint density at radius 3 is 3.09 bits per heavy atom. The van der Waals surface area contributed by atoms with Crippen molar-refractivity contribution in [2.24, 2.45) is 5.92 Å². The van der Waals surface area contributed by atoms with E-state index in [2.05, 4.69) is 19.2 Å². The molecule has 2 unspecified atom stereocenters. The van der Waals surface area contributed by atoms with E-state index >= 15 is 0 Å². The first-order chi connectivity index (χ1) is 5.24. The van der Waals surface area contributed by atoms with Gasteiger partial charge in [0.2, 0.25) is 0 Å². The molecule has 0 aromatic heterocycles. The maximum absolute atomic E-state index is 10.6. The number of alkyl carbamates (subject to hydrolysis) is 1. The van der Waals surface area contributed by atoms with Gasteiger partial charge < -0.3 is 10.1 Å². The average Bonchev–Trinajstić information content (AvgIpc) is 2.36. The second-order valence-corrected chi connectivity index (χ2v) is 2.94. The Morgan fingerprint density at radius 1 is 1.91 bits per heavy atom. The van der Waals surface area contributed by atoms with Gasteiger partial charge in [-0.2, -0.15) is 0 Å². The number of amides is 1. The zero-order valence-electron chi connectivity index (χ0n) is 6.80. The van der Waals surface area contributed by atoms with Crippen molar-refractivity contribution in [1.29, 1.82) is 0 Å². The van der Waals surface area contributed by atoms with Crippen molar-refractivity contribution in [2.75, 3.05) is 6.54 Å². The molecule has 1 fully saturated rings. The molecule has 11 heavy (non-hydrogen) atoms. The first-order valence-corrected chi connectivity index (χ1v) is 3.97. The molecule has 1 amide bonds. The van der Waals surface area contributed by atoms with Crippen molar-refractivity contribution in [2.45, 2.75) is 25.9 Å². The molecule has 1 aliphatic heterocycles. The Bertz CT molecular complexity index is 147. The Labute approximate surface area is 67.1 Å². The Balaban J connectivity index is 2.30. The van der Waals surface area contributed by atoms with E-state index in [0.717, 1.165) is 12.8 Å². The molecule has 63 valence electrons. The highest BCUT2D eigenvalue weighted by molar-refractivity contribution is 5.69. The van der Waals surface area contributed by atoms with Gasteiger partial charge in [-0.15, -0.1) is 0 Å². The molecule has 1 radical (unpaired) electrons. The summed E-state index contributed by atoms with van der Waals surface area (Å²) in [5, 5.41) is 2.63. The lowest BCUT2D eigenvalue weighted by Gasteiger charge is -2.15. The second kappa shape index (κ2) is 3.60. The standard InChI is InChI=1S/C8H14NO2/c1-3-4-6(2)7-5-9-8(10)11-7/h6-7H,1,3-5H2,2H3,(H,9,10). The molecule has 1 heterocycles. The molecule has 1 N–H and O–H groups in total. The van der Waals surface area contributed by atoms with Crippen molar-refractivity contribution in [3.05, 3.63) is 6.92 Å². The summed E-state index contributed by atoms with van der Waals surface area (Å²) in [7, 11) is 0. The molecule has 2 atom stereocenters. The van der Waals surface area contributed by atoms with Crippen LogP contribution in [0, 0.1) is 12.8 Å². The summed E-state index contributed by atoms with van der Waals surface area (Å²) in [6.07, 6.45) is 1.68. The quantitative estimate of drug-likeness (QED) is 0.669. The van der Waals surface area contributed by atoms with Crippen molar-refractivity contribution in [3.8, 4) is 0 Å². The van der Waals surface area contributed by atoms with Crippen LogP contribution in [0.15, 0.2) is 0 Å². The number of cyclic esters (lactones) is 1. The lowest BCUT2D eigenvalue weighted by atomic mass is 10.00. The van der Waals surface area contributed by atoms with E-state index in [1.165, 1.54) is 0 Å².